The number of nitrogens with zero attached hydrogens (tertiary/aromatic N) is 1. The summed E-state index contributed by atoms with van der Waals surface area (Å²) in [6.07, 6.45) is -0.119. The fourth-order valence-corrected chi connectivity index (χ4v) is 4.14. The third-order valence-corrected chi connectivity index (χ3v) is 5.59. The van der Waals surface area contributed by atoms with Crippen molar-refractivity contribution in [2.75, 3.05) is 18.5 Å². The van der Waals surface area contributed by atoms with Crippen molar-refractivity contribution >= 4 is 34.7 Å². The normalized spacial score (nSPS) is 21.1. The van der Waals surface area contributed by atoms with E-state index < -0.39 is 0 Å². The lowest BCUT2D eigenvalue weighted by Crippen LogP contribution is -2.53. The SMILES string of the molecule is Cc1csc(Sc2ccc(NC(=O)[C@H]3NCCO[C@@H]3C)cc2)n1. The number of amides is 1. The molecule has 1 saturated heterocycles. The van der Waals surface area contributed by atoms with Crippen LogP contribution in [0, 0.1) is 6.92 Å². The third-order valence-electron chi connectivity index (χ3n) is 3.52. The Morgan fingerprint density at radius 3 is 2.87 bits per heavy atom. The first kappa shape index (κ1) is 16.4. The van der Waals surface area contributed by atoms with Crippen LogP contribution in [-0.2, 0) is 9.53 Å². The monoisotopic (exact) mass is 349 g/mol. The maximum Gasteiger partial charge on any atom is 0.244 e. The Labute approximate surface area is 143 Å². The zero-order valence-electron chi connectivity index (χ0n) is 13.0. The van der Waals surface area contributed by atoms with Crippen LogP contribution in [0.3, 0.4) is 0 Å². The summed E-state index contributed by atoms with van der Waals surface area (Å²) < 4.78 is 6.53. The molecule has 0 radical (unpaired) electrons. The van der Waals surface area contributed by atoms with Gasteiger partial charge in [-0.15, -0.1) is 11.3 Å². The predicted octanol–water partition coefficient (Wildman–Crippen LogP) is 2.92. The summed E-state index contributed by atoms with van der Waals surface area (Å²) in [6, 6.07) is 7.50. The molecule has 5 nitrogen and oxygen atoms in total. The molecule has 1 amide bonds. The van der Waals surface area contributed by atoms with E-state index in [4.69, 9.17) is 4.74 Å². The lowest BCUT2D eigenvalue weighted by atomic mass is 10.1. The molecule has 0 saturated carbocycles. The van der Waals surface area contributed by atoms with Crippen LogP contribution >= 0.6 is 23.1 Å². The molecule has 23 heavy (non-hydrogen) atoms. The standard InChI is InChI=1S/C16H19N3O2S2/c1-10-9-22-16(18-10)23-13-5-3-12(4-6-13)19-15(20)14-11(2)21-8-7-17-14/h3-6,9,11,14,17H,7-8H2,1-2H3,(H,19,20)/t11-,14+/m1/s1. The molecule has 2 atom stereocenters. The number of benzene rings is 1. The number of carbonyl (C=O) groups is 1. The summed E-state index contributed by atoms with van der Waals surface area (Å²) in [6.45, 7) is 5.24. The molecule has 1 aromatic carbocycles. The average molecular weight is 349 g/mol. The van der Waals surface area contributed by atoms with Gasteiger partial charge in [0.1, 0.15) is 6.04 Å². The van der Waals surface area contributed by atoms with Crippen molar-refractivity contribution in [1.82, 2.24) is 10.3 Å². The van der Waals surface area contributed by atoms with Gasteiger partial charge >= 0.3 is 0 Å². The molecular formula is C16H19N3O2S2. The maximum absolute atomic E-state index is 12.3. The Morgan fingerprint density at radius 2 is 2.22 bits per heavy atom. The van der Waals surface area contributed by atoms with Gasteiger partial charge in [0.05, 0.1) is 12.7 Å². The van der Waals surface area contributed by atoms with E-state index in [-0.39, 0.29) is 18.1 Å². The van der Waals surface area contributed by atoms with E-state index in [1.165, 1.54) is 0 Å². The fourth-order valence-electron chi connectivity index (χ4n) is 2.33. The van der Waals surface area contributed by atoms with Gasteiger partial charge in [0, 0.05) is 28.2 Å². The van der Waals surface area contributed by atoms with Crippen molar-refractivity contribution in [1.29, 1.82) is 0 Å². The number of rotatable bonds is 4. The third kappa shape index (κ3) is 4.32. The fraction of sp³-hybridized carbons (Fsp3) is 0.375. The highest BCUT2D eigenvalue weighted by Gasteiger charge is 2.28. The Hall–Kier alpha value is -1.41. The van der Waals surface area contributed by atoms with Crippen LogP contribution in [-0.4, -0.2) is 36.2 Å². The summed E-state index contributed by atoms with van der Waals surface area (Å²) in [5.74, 6) is -0.0619. The number of morpholine rings is 1. The van der Waals surface area contributed by atoms with Crippen LogP contribution in [0.25, 0.3) is 0 Å². The smallest absolute Gasteiger partial charge is 0.244 e. The molecule has 122 valence electrons. The molecule has 1 fully saturated rings. The van der Waals surface area contributed by atoms with Crippen molar-refractivity contribution in [2.24, 2.45) is 0 Å². The number of carbonyl (C=O) groups excluding carboxylic acids is 1. The lowest BCUT2D eigenvalue weighted by molar-refractivity contribution is -0.123. The van der Waals surface area contributed by atoms with Gasteiger partial charge in [-0.25, -0.2) is 4.98 Å². The molecule has 1 aliphatic rings. The zero-order chi connectivity index (χ0) is 16.2. The van der Waals surface area contributed by atoms with E-state index in [1.54, 1.807) is 23.1 Å². The van der Waals surface area contributed by atoms with Crippen molar-refractivity contribution in [2.45, 2.75) is 35.2 Å². The summed E-state index contributed by atoms with van der Waals surface area (Å²) >= 11 is 3.27. The van der Waals surface area contributed by atoms with Crippen molar-refractivity contribution in [3.8, 4) is 0 Å². The minimum Gasteiger partial charge on any atom is -0.375 e. The molecule has 0 bridgehead atoms. The van der Waals surface area contributed by atoms with Crippen LogP contribution in [0.15, 0.2) is 38.9 Å². The minimum absolute atomic E-state index is 0.0619. The molecule has 2 heterocycles. The summed E-state index contributed by atoms with van der Waals surface area (Å²) in [4.78, 5) is 17.8. The van der Waals surface area contributed by atoms with Crippen LogP contribution < -0.4 is 10.6 Å². The molecule has 7 heteroatoms. The summed E-state index contributed by atoms with van der Waals surface area (Å²) in [7, 11) is 0. The molecular weight excluding hydrogens is 330 g/mol. The topological polar surface area (TPSA) is 63.2 Å². The number of hydrogen-bond donors (Lipinski definition) is 2. The number of thiazole rings is 1. The Kier molecular flexibility index (Phi) is 5.32. The largest absolute Gasteiger partial charge is 0.375 e. The highest BCUT2D eigenvalue weighted by atomic mass is 32.2. The first-order valence-electron chi connectivity index (χ1n) is 7.48. The molecule has 3 rings (SSSR count). The first-order chi connectivity index (χ1) is 11.1. The quantitative estimate of drug-likeness (QED) is 0.889. The molecule has 2 N–H and O–H groups in total. The lowest BCUT2D eigenvalue weighted by Gasteiger charge is -2.29. The van der Waals surface area contributed by atoms with Crippen LogP contribution in [0.2, 0.25) is 0 Å². The molecule has 1 aliphatic heterocycles. The van der Waals surface area contributed by atoms with Gasteiger partial charge in [0.25, 0.3) is 0 Å². The molecule has 2 aromatic rings. The average Bonchev–Trinajstić information content (AvgIpc) is 2.95. The predicted molar refractivity (Wildman–Crippen MR) is 93.3 cm³/mol. The summed E-state index contributed by atoms with van der Waals surface area (Å²) in [5, 5.41) is 8.16. The molecule has 0 spiro atoms. The number of ether oxygens (including phenoxy) is 1. The zero-order valence-corrected chi connectivity index (χ0v) is 14.7. The van der Waals surface area contributed by atoms with Crippen LogP contribution in [0.1, 0.15) is 12.6 Å². The van der Waals surface area contributed by atoms with E-state index in [9.17, 15) is 4.79 Å². The van der Waals surface area contributed by atoms with Gasteiger partial charge in [-0.2, -0.15) is 0 Å². The molecule has 0 unspecified atom stereocenters. The second-order valence-corrected chi connectivity index (χ2v) is 7.56. The van der Waals surface area contributed by atoms with Gasteiger partial charge in [-0.05, 0) is 38.1 Å². The number of anilines is 1. The molecule has 1 aromatic heterocycles. The Bertz CT molecular complexity index is 672. The number of hydrogen-bond acceptors (Lipinski definition) is 6. The van der Waals surface area contributed by atoms with Gasteiger partial charge in [-0.3, -0.25) is 4.79 Å². The van der Waals surface area contributed by atoms with Gasteiger partial charge < -0.3 is 15.4 Å². The number of aromatic nitrogens is 1. The molecule has 0 aliphatic carbocycles. The van der Waals surface area contributed by atoms with Crippen molar-refractivity contribution in [3.05, 3.63) is 35.3 Å². The maximum atomic E-state index is 12.3. The van der Waals surface area contributed by atoms with Crippen LogP contribution in [0.5, 0.6) is 0 Å². The number of nitrogens with one attached hydrogen (secondary N) is 2. The van der Waals surface area contributed by atoms with Crippen LogP contribution in [0.4, 0.5) is 5.69 Å². The number of aryl methyl sites for hydroxylation is 1. The highest BCUT2D eigenvalue weighted by molar-refractivity contribution is 8.01. The van der Waals surface area contributed by atoms with E-state index in [1.807, 2.05) is 43.5 Å². The van der Waals surface area contributed by atoms with Gasteiger partial charge in [-0.1, -0.05) is 11.8 Å². The van der Waals surface area contributed by atoms with E-state index >= 15 is 0 Å². The van der Waals surface area contributed by atoms with E-state index in [2.05, 4.69) is 15.6 Å². The minimum atomic E-state index is -0.309. The second-order valence-electron chi connectivity index (χ2n) is 5.38. The Balaban J connectivity index is 1.59. The first-order valence-corrected chi connectivity index (χ1v) is 9.17. The summed E-state index contributed by atoms with van der Waals surface area (Å²) in [5.41, 5.74) is 1.83. The second kappa shape index (κ2) is 7.44. The van der Waals surface area contributed by atoms with Gasteiger partial charge in [0.2, 0.25) is 5.91 Å². The highest BCUT2D eigenvalue weighted by Crippen LogP contribution is 2.30. The van der Waals surface area contributed by atoms with Crippen molar-refractivity contribution in [3.63, 3.8) is 0 Å². The van der Waals surface area contributed by atoms with E-state index in [0.717, 1.165) is 20.6 Å². The van der Waals surface area contributed by atoms with E-state index in [0.29, 0.717) is 13.2 Å². The van der Waals surface area contributed by atoms with Crippen molar-refractivity contribution < 1.29 is 9.53 Å². The Morgan fingerprint density at radius 1 is 1.43 bits per heavy atom. The van der Waals surface area contributed by atoms with Gasteiger partial charge in [0.15, 0.2) is 4.34 Å².